The first-order chi connectivity index (χ1) is 13.1. The zero-order chi connectivity index (χ0) is 19.1. The molecule has 0 radical (unpaired) electrons. The Balaban J connectivity index is 1.57. The molecule has 0 spiro atoms. The van der Waals surface area contributed by atoms with E-state index in [-0.39, 0.29) is 24.0 Å². The highest BCUT2D eigenvalue weighted by Crippen LogP contribution is 2.20. The smallest absolute Gasteiger partial charge is 0.317 e. The van der Waals surface area contributed by atoms with Gasteiger partial charge in [0.25, 0.3) is 0 Å². The first-order valence-electron chi connectivity index (χ1n) is 9.86. The molecule has 0 unspecified atom stereocenters. The van der Waals surface area contributed by atoms with Crippen LogP contribution in [0, 0.1) is 0 Å². The van der Waals surface area contributed by atoms with E-state index in [2.05, 4.69) is 27.4 Å². The van der Waals surface area contributed by atoms with Gasteiger partial charge in [-0.15, -0.1) is 0 Å². The second-order valence-electron chi connectivity index (χ2n) is 7.38. The van der Waals surface area contributed by atoms with Crippen molar-refractivity contribution >= 4 is 11.9 Å². The molecule has 1 fully saturated rings. The maximum atomic E-state index is 12.6. The number of aromatic nitrogens is 2. The Labute approximate surface area is 160 Å². The van der Waals surface area contributed by atoms with Gasteiger partial charge in [-0.2, -0.15) is 0 Å². The van der Waals surface area contributed by atoms with E-state index in [1.54, 1.807) is 19.3 Å². The zero-order valence-corrected chi connectivity index (χ0v) is 16.0. The van der Waals surface area contributed by atoms with Crippen molar-refractivity contribution in [3.05, 3.63) is 36.4 Å². The SMILES string of the molecule is CC(=O)N(Cc1cncnc1)[C@H]1CCCN(C(=O)N[C@H]2C=CCCC2)CC1. The van der Waals surface area contributed by atoms with Crippen LogP contribution < -0.4 is 5.32 Å². The van der Waals surface area contributed by atoms with Gasteiger partial charge in [0, 0.05) is 56.6 Å². The van der Waals surface area contributed by atoms with Crippen molar-refractivity contribution in [2.45, 2.75) is 64.1 Å². The molecule has 27 heavy (non-hydrogen) atoms. The molecule has 2 heterocycles. The molecule has 1 saturated heterocycles. The highest BCUT2D eigenvalue weighted by atomic mass is 16.2. The molecule has 7 nitrogen and oxygen atoms in total. The summed E-state index contributed by atoms with van der Waals surface area (Å²) in [5.74, 6) is 0.0501. The van der Waals surface area contributed by atoms with Crippen LogP contribution in [0.4, 0.5) is 4.79 Å². The fourth-order valence-electron chi connectivity index (χ4n) is 3.88. The van der Waals surface area contributed by atoms with Crippen molar-refractivity contribution in [1.82, 2.24) is 25.1 Å². The molecule has 0 saturated carbocycles. The van der Waals surface area contributed by atoms with Gasteiger partial charge in [0.1, 0.15) is 6.33 Å². The van der Waals surface area contributed by atoms with Gasteiger partial charge < -0.3 is 15.1 Å². The Hall–Kier alpha value is -2.44. The Bertz CT molecular complexity index is 664. The van der Waals surface area contributed by atoms with Gasteiger partial charge in [-0.05, 0) is 38.5 Å². The van der Waals surface area contributed by atoms with E-state index in [0.29, 0.717) is 13.1 Å². The van der Waals surface area contributed by atoms with Crippen molar-refractivity contribution in [2.24, 2.45) is 0 Å². The predicted octanol–water partition coefficient (Wildman–Crippen LogP) is 2.50. The van der Waals surface area contributed by atoms with Crippen LogP contribution in [0.5, 0.6) is 0 Å². The molecule has 146 valence electrons. The van der Waals surface area contributed by atoms with Gasteiger partial charge in [-0.25, -0.2) is 14.8 Å². The lowest BCUT2D eigenvalue weighted by molar-refractivity contribution is -0.132. The molecule has 2 aliphatic rings. The minimum Gasteiger partial charge on any atom is -0.335 e. The first-order valence-corrected chi connectivity index (χ1v) is 9.86. The number of carbonyl (C=O) groups excluding carboxylic acids is 2. The number of likely N-dealkylation sites (tertiary alicyclic amines) is 1. The molecule has 2 atom stereocenters. The molecule has 1 aliphatic heterocycles. The van der Waals surface area contributed by atoms with E-state index >= 15 is 0 Å². The number of hydrogen-bond donors (Lipinski definition) is 1. The normalized spacial score (nSPS) is 22.8. The van der Waals surface area contributed by atoms with Crippen LogP contribution in [0.15, 0.2) is 30.9 Å². The van der Waals surface area contributed by atoms with E-state index in [4.69, 9.17) is 0 Å². The summed E-state index contributed by atoms with van der Waals surface area (Å²) < 4.78 is 0. The van der Waals surface area contributed by atoms with Crippen LogP contribution in [0.1, 0.15) is 51.0 Å². The van der Waals surface area contributed by atoms with E-state index in [9.17, 15) is 9.59 Å². The Morgan fingerprint density at radius 2 is 2.00 bits per heavy atom. The molecular weight excluding hydrogens is 342 g/mol. The zero-order valence-electron chi connectivity index (χ0n) is 16.0. The summed E-state index contributed by atoms with van der Waals surface area (Å²) in [6, 6.07) is 0.296. The molecule has 3 amide bonds. The molecule has 1 aromatic rings. The van der Waals surface area contributed by atoms with E-state index < -0.39 is 0 Å². The van der Waals surface area contributed by atoms with E-state index in [0.717, 1.165) is 50.6 Å². The molecule has 1 N–H and O–H groups in total. The second kappa shape index (κ2) is 9.48. The van der Waals surface area contributed by atoms with Crippen LogP contribution in [0.2, 0.25) is 0 Å². The van der Waals surface area contributed by atoms with Gasteiger partial charge in [-0.3, -0.25) is 4.79 Å². The van der Waals surface area contributed by atoms with Gasteiger partial charge >= 0.3 is 6.03 Å². The van der Waals surface area contributed by atoms with Crippen molar-refractivity contribution in [3.63, 3.8) is 0 Å². The summed E-state index contributed by atoms with van der Waals surface area (Å²) in [7, 11) is 0. The number of amides is 3. The lowest BCUT2D eigenvalue weighted by atomic mass is 10.0. The first kappa shape index (κ1) is 19.3. The molecule has 3 rings (SSSR count). The third-order valence-electron chi connectivity index (χ3n) is 5.36. The van der Waals surface area contributed by atoms with Gasteiger partial charge in [0.15, 0.2) is 0 Å². The summed E-state index contributed by atoms with van der Waals surface area (Å²) in [6.07, 6.45) is 15.1. The second-order valence-corrected chi connectivity index (χ2v) is 7.38. The number of nitrogens with one attached hydrogen (secondary N) is 1. The van der Waals surface area contributed by atoms with Crippen LogP contribution in [-0.2, 0) is 11.3 Å². The quantitative estimate of drug-likeness (QED) is 0.825. The summed E-state index contributed by atoms with van der Waals surface area (Å²) in [4.78, 5) is 36.7. The minimum absolute atomic E-state index is 0.0121. The van der Waals surface area contributed by atoms with Crippen molar-refractivity contribution in [3.8, 4) is 0 Å². The molecular formula is C20H29N5O2. The largest absolute Gasteiger partial charge is 0.335 e. The Morgan fingerprint density at radius 3 is 2.70 bits per heavy atom. The number of urea groups is 1. The molecule has 1 aliphatic carbocycles. The Morgan fingerprint density at radius 1 is 1.19 bits per heavy atom. The maximum Gasteiger partial charge on any atom is 0.317 e. The third-order valence-corrected chi connectivity index (χ3v) is 5.36. The lowest BCUT2D eigenvalue weighted by Crippen LogP contribution is -2.45. The van der Waals surface area contributed by atoms with Crippen LogP contribution in [-0.4, -0.2) is 56.9 Å². The van der Waals surface area contributed by atoms with Crippen molar-refractivity contribution in [1.29, 1.82) is 0 Å². The Kier molecular flexibility index (Phi) is 6.79. The number of allylic oxidation sites excluding steroid dienone is 1. The molecule has 0 aromatic carbocycles. The van der Waals surface area contributed by atoms with Gasteiger partial charge in [-0.1, -0.05) is 12.2 Å². The van der Waals surface area contributed by atoms with Crippen LogP contribution in [0.25, 0.3) is 0 Å². The van der Waals surface area contributed by atoms with Gasteiger partial charge in [0.2, 0.25) is 5.91 Å². The van der Waals surface area contributed by atoms with E-state index in [1.165, 1.54) is 6.33 Å². The summed E-state index contributed by atoms with van der Waals surface area (Å²) in [5.41, 5.74) is 0.927. The average molecular weight is 371 g/mol. The highest BCUT2D eigenvalue weighted by Gasteiger charge is 2.27. The molecule has 0 bridgehead atoms. The number of hydrogen-bond acceptors (Lipinski definition) is 4. The number of rotatable bonds is 4. The lowest BCUT2D eigenvalue weighted by Gasteiger charge is -2.30. The van der Waals surface area contributed by atoms with Crippen molar-refractivity contribution in [2.75, 3.05) is 13.1 Å². The topological polar surface area (TPSA) is 78.4 Å². The standard InChI is InChI=1S/C20H29N5O2/c1-16(26)25(14-17-12-21-15-22-13-17)19-8-5-10-24(11-9-19)20(27)23-18-6-3-2-4-7-18/h3,6,12-13,15,18-19H,2,4-5,7-11,14H2,1H3,(H,23,27)/t18-,19-/m0/s1. The monoisotopic (exact) mass is 371 g/mol. The average Bonchev–Trinajstić information content (AvgIpc) is 2.93. The van der Waals surface area contributed by atoms with E-state index in [1.807, 2.05) is 9.80 Å². The summed E-state index contributed by atoms with van der Waals surface area (Å²) in [6.45, 7) is 3.52. The third kappa shape index (κ3) is 5.52. The minimum atomic E-state index is 0.0121. The fourth-order valence-corrected chi connectivity index (χ4v) is 3.88. The van der Waals surface area contributed by atoms with Crippen molar-refractivity contribution < 1.29 is 9.59 Å². The highest BCUT2D eigenvalue weighted by molar-refractivity contribution is 5.75. The summed E-state index contributed by atoms with van der Waals surface area (Å²) in [5, 5.41) is 3.13. The number of nitrogens with zero attached hydrogens (tertiary/aromatic N) is 4. The number of carbonyl (C=O) groups is 2. The molecule has 1 aromatic heterocycles. The van der Waals surface area contributed by atoms with Gasteiger partial charge in [0.05, 0.1) is 0 Å². The van der Waals surface area contributed by atoms with Crippen LogP contribution in [0.3, 0.4) is 0 Å². The fraction of sp³-hybridized carbons (Fsp3) is 0.600. The maximum absolute atomic E-state index is 12.6. The summed E-state index contributed by atoms with van der Waals surface area (Å²) >= 11 is 0. The molecule has 7 heteroatoms. The van der Waals surface area contributed by atoms with Crippen LogP contribution >= 0.6 is 0 Å². The predicted molar refractivity (Wildman–Crippen MR) is 103 cm³/mol.